The third-order valence-electron chi connectivity index (χ3n) is 4.18. The van der Waals surface area contributed by atoms with E-state index in [4.69, 9.17) is 14.4 Å². The summed E-state index contributed by atoms with van der Waals surface area (Å²) in [5, 5.41) is 18.9. The molecule has 3 rings (SSSR count). The number of pyridine rings is 1. The van der Waals surface area contributed by atoms with E-state index in [0.717, 1.165) is 37.8 Å². The van der Waals surface area contributed by atoms with Gasteiger partial charge in [-0.1, -0.05) is 0 Å². The molecule has 7 heteroatoms. The fraction of sp³-hybridized carbons (Fsp3) is 0.444. The molecule has 132 valence electrons. The lowest BCUT2D eigenvalue weighted by atomic mass is 10.2. The van der Waals surface area contributed by atoms with Gasteiger partial charge < -0.3 is 19.2 Å². The van der Waals surface area contributed by atoms with E-state index in [-0.39, 0.29) is 6.61 Å². The molecule has 1 N–H and O–H groups in total. The Labute approximate surface area is 147 Å². The SMILES string of the molecule is N#Cc1ccc(N2CCN(CC(O)COCc3ccco3)CC2)nc1. The zero-order valence-electron chi connectivity index (χ0n) is 14.0. The van der Waals surface area contributed by atoms with Crippen LogP contribution in [0.15, 0.2) is 41.1 Å². The molecule has 2 aromatic heterocycles. The van der Waals surface area contributed by atoms with E-state index in [1.807, 2.05) is 18.2 Å². The van der Waals surface area contributed by atoms with E-state index in [9.17, 15) is 5.11 Å². The lowest BCUT2D eigenvalue weighted by molar-refractivity contribution is 0.00440. The Morgan fingerprint density at radius 3 is 2.76 bits per heavy atom. The van der Waals surface area contributed by atoms with Crippen molar-refractivity contribution in [3.8, 4) is 6.07 Å². The first kappa shape index (κ1) is 17.4. The summed E-state index contributed by atoms with van der Waals surface area (Å²) in [6.07, 6.45) is 2.69. The molecular formula is C18H22N4O3. The van der Waals surface area contributed by atoms with Crippen LogP contribution in [-0.4, -0.2) is 60.4 Å². The molecule has 1 fully saturated rings. The molecule has 25 heavy (non-hydrogen) atoms. The first-order valence-electron chi connectivity index (χ1n) is 8.36. The van der Waals surface area contributed by atoms with Crippen LogP contribution in [0.5, 0.6) is 0 Å². The van der Waals surface area contributed by atoms with Gasteiger partial charge in [0.2, 0.25) is 0 Å². The third-order valence-corrected chi connectivity index (χ3v) is 4.18. The Morgan fingerprint density at radius 1 is 1.28 bits per heavy atom. The van der Waals surface area contributed by atoms with Crippen molar-refractivity contribution in [2.75, 3.05) is 44.2 Å². The normalized spacial score (nSPS) is 16.6. The number of β-amino-alcohol motifs (C(OH)–C–C–N with tert-alkyl or cyclic N) is 1. The van der Waals surface area contributed by atoms with Gasteiger partial charge >= 0.3 is 0 Å². The quantitative estimate of drug-likeness (QED) is 0.810. The van der Waals surface area contributed by atoms with Crippen LogP contribution in [-0.2, 0) is 11.3 Å². The van der Waals surface area contributed by atoms with Gasteiger partial charge in [0, 0.05) is 38.9 Å². The molecule has 0 saturated carbocycles. The molecule has 0 radical (unpaired) electrons. The summed E-state index contributed by atoms with van der Waals surface area (Å²) in [5.74, 6) is 1.65. The van der Waals surface area contributed by atoms with Crippen LogP contribution in [0.1, 0.15) is 11.3 Å². The monoisotopic (exact) mass is 342 g/mol. The van der Waals surface area contributed by atoms with Gasteiger partial charge in [-0.2, -0.15) is 5.26 Å². The minimum absolute atomic E-state index is 0.290. The smallest absolute Gasteiger partial charge is 0.129 e. The molecule has 0 bridgehead atoms. The predicted octanol–water partition coefficient (Wildman–Crippen LogP) is 1.25. The van der Waals surface area contributed by atoms with Gasteiger partial charge in [0.05, 0.1) is 24.5 Å². The molecule has 0 spiro atoms. The standard InChI is InChI=1S/C18H22N4O3/c19-10-15-3-4-18(20-11-15)22-7-5-21(6-8-22)12-16(23)13-24-14-17-2-1-9-25-17/h1-4,9,11,16,23H,5-8,12-14H2. The van der Waals surface area contributed by atoms with Crippen molar-refractivity contribution in [1.29, 1.82) is 5.26 Å². The zero-order valence-corrected chi connectivity index (χ0v) is 14.0. The number of aromatic nitrogens is 1. The van der Waals surface area contributed by atoms with E-state index in [1.54, 1.807) is 18.5 Å². The van der Waals surface area contributed by atoms with Gasteiger partial charge in [0.15, 0.2) is 0 Å². The fourth-order valence-corrected chi connectivity index (χ4v) is 2.84. The predicted molar refractivity (Wildman–Crippen MR) is 92.0 cm³/mol. The summed E-state index contributed by atoms with van der Waals surface area (Å²) < 4.78 is 10.7. The van der Waals surface area contributed by atoms with Crippen molar-refractivity contribution < 1.29 is 14.3 Å². The molecule has 0 aromatic carbocycles. The number of ether oxygens (including phenoxy) is 1. The third kappa shape index (κ3) is 5.03. The average Bonchev–Trinajstić information content (AvgIpc) is 3.16. The maximum atomic E-state index is 10.1. The lowest BCUT2D eigenvalue weighted by Gasteiger charge is -2.36. The average molecular weight is 342 g/mol. The van der Waals surface area contributed by atoms with Gasteiger partial charge in [0.25, 0.3) is 0 Å². The van der Waals surface area contributed by atoms with Crippen molar-refractivity contribution in [1.82, 2.24) is 9.88 Å². The van der Waals surface area contributed by atoms with Crippen molar-refractivity contribution in [2.24, 2.45) is 0 Å². The number of hydrogen-bond donors (Lipinski definition) is 1. The lowest BCUT2D eigenvalue weighted by Crippen LogP contribution is -2.49. The second-order valence-electron chi connectivity index (χ2n) is 6.05. The van der Waals surface area contributed by atoms with Crippen LogP contribution >= 0.6 is 0 Å². The number of furan rings is 1. The molecule has 1 atom stereocenters. The first-order chi connectivity index (χ1) is 12.2. The van der Waals surface area contributed by atoms with Gasteiger partial charge in [0.1, 0.15) is 24.3 Å². The van der Waals surface area contributed by atoms with E-state index in [2.05, 4.69) is 20.9 Å². The van der Waals surface area contributed by atoms with Gasteiger partial charge in [-0.25, -0.2) is 4.98 Å². The van der Waals surface area contributed by atoms with E-state index >= 15 is 0 Å². The number of hydrogen-bond acceptors (Lipinski definition) is 7. The highest BCUT2D eigenvalue weighted by atomic mass is 16.5. The summed E-state index contributed by atoms with van der Waals surface area (Å²) in [6.45, 7) is 4.67. The van der Waals surface area contributed by atoms with Gasteiger partial charge in [-0.15, -0.1) is 0 Å². The van der Waals surface area contributed by atoms with Crippen molar-refractivity contribution in [2.45, 2.75) is 12.7 Å². The summed E-state index contributed by atoms with van der Waals surface area (Å²) in [4.78, 5) is 8.75. The van der Waals surface area contributed by atoms with Crippen LogP contribution in [0, 0.1) is 11.3 Å². The van der Waals surface area contributed by atoms with Crippen molar-refractivity contribution >= 4 is 5.82 Å². The highest BCUT2D eigenvalue weighted by Crippen LogP contribution is 2.14. The molecule has 0 aliphatic carbocycles. The molecular weight excluding hydrogens is 320 g/mol. The highest BCUT2D eigenvalue weighted by molar-refractivity contribution is 5.42. The number of anilines is 1. The summed E-state index contributed by atoms with van der Waals surface area (Å²) in [7, 11) is 0. The number of aliphatic hydroxyl groups excluding tert-OH is 1. The Kier molecular flexibility index (Phi) is 6.01. The van der Waals surface area contributed by atoms with Crippen molar-refractivity contribution in [3.63, 3.8) is 0 Å². The Morgan fingerprint density at radius 2 is 2.12 bits per heavy atom. The molecule has 1 aliphatic rings. The van der Waals surface area contributed by atoms with Crippen LogP contribution in [0.2, 0.25) is 0 Å². The molecule has 1 unspecified atom stereocenters. The maximum Gasteiger partial charge on any atom is 0.129 e. The largest absolute Gasteiger partial charge is 0.467 e. The second kappa shape index (κ2) is 8.62. The Balaban J connectivity index is 1.37. The van der Waals surface area contributed by atoms with Crippen LogP contribution in [0.25, 0.3) is 0 Å². The molecule has 3 heterocycles. The first-order valence-corrected chi connectivity index (χ1v) is 8.36. The number of piperazine rings is 1. The van der Waals surface area contributed by atoms with Crippen molar-refractivity contribution in [3.05, 3.63) is 48.0 Å². The zero-order chi connectivity index (χ0) is 17.5. The van der Waals surface area contributed by atoms with Gasteiger partial charge in [-0.3, -0.25) is 4.90 Å². The number of nitrogens with zero attached hydrogens (tertiary/aromatic N) is 4. The van der Waals surface area contributed by atoms with E-state index in [0.29, 0.717) is 18.7 Å². The summed E-state index contributed by atoms with van der Waals surface area (Å²) in [5.41, 5.74) is 0.569. The molecule has 2 aromatic rings. The van der Waals surface area contributed by atoms with Crippen LogP contribution in [0.3, 0.4) is 0 Å². The maximum absolute atomic E-state index is 10.1. The Hall–Kier alpha value is -2.40. The van der Waals surface area contributed by atoms with E-state index in [1.165, 1.54) is 0 Å². The number of nitriles is 1. The molecule has 1 aliphatic heterocycles. The highest BCUT2D eigenvalue weighted by Gasteiger charge is 2.20. The van der Waals surface area contributed by atoms with E-state index < -0.39 is 6.10 Å². The van der Waals surface area contributed by atoms with Gasteiger partial charge in [-0.05, 0) is 24.3 Å². The Bertz CT molecular complexity index is 673. The second-order valence-corrected chi connectivity index (χ2v) is 6.05. The molecule has 7 nitrogen and oxygen atoms in total. The molecule has 1 saturated heterocycles. The molecule has 0 amide bonds. The topological polar surface area (TPSA) is 85.8 Å². The summed E-state index contributed by atoms with van der Waals surface area (Å²) in [6, 6.07) is 9.41. The minimum atomic E-state index is -0.519. The van der Waals surface area contributed by atoms with Crippen LogP contribution in [0.4, 0.5) is 5.82 Å². The fourth-order valence-electron chi connectivity index (χ4n) is 2.84. The minimum Gasteiger partial charge on any atom is -0.467 e. The number of aliphatic hydroxyl groups is 1. The van der Waals surface area contributed by atoms with Crippen LogP contribution < -0.4 is 4.90 Å². The number of rotatable bonds is 7. The summed E-state index contributed by atoms with van der Waals surface area (Å²) >= 11 is 0.